The zero-order chi connectivity index (χ0) is 35.8. The van der Waals surface area contributed by atoms with E-state index in [1.54, 1.807) is 0 Å². The molecule has 2 heteroatoms. The van der Waals surface area contributed by atoms with Crippen molar-refractivity contribution in [3.63, 3.8) is 0 Å². The standard InChI is InChI=1S/C52H36N2/c1-2-15-39(16-3-1)47-22-6-9-25-50(47)53(44-32-30-38(31-33-44)43-29-28-37-14-4-5-17-40(37)34-43)45-20-12-18-41(35-45)42-19-13-21-46(36-42)54-51-26-10-7-23-48(51)49-24-8-11-27-52(49)54/h1-36H. The van der Waals surface area contributed by atoms with E-state index in [-0.39, 0.29) is 0 Å². The molecule has 10 aromatic rings. The summed E-state index contributed by atoms with van der Waals surface area (Å²) in [6.07, 6.45) is 0. The number of hydrogen-bond donors (Lipinski definition) is 0. The fourth-order valence-corrected chi connectivity index (χ4v) is 7.98. The van der Waals surface area contributed by atoms with Gasteiger partial charge in [0.2, 0.25) is 0 Å². The second-order valence-corrected chi connectivity index (χ2v) is 13.8. The third kappa shape index (κ3) is 5.62. The van der Waals surface area contributed by atoms with Crippen molar-refractivity contribution in [3.05, 3.63) is 218 Å². The Bertz CT molecular complexity index is 2880. The van der Waals surface area contributed by atoms with Gasteiger partial charge in [-0.25, -0.2) is 0 Å². The van der Waals surface area contributed by atoms with Gasteiger partial charge in [-0.1, -0.05) is 158 Å². The molecule has 0 amide bonds. The lowest BCUT2D eigenvalue weighted by molar-refractivity contribution is 1.18. The Kier molecular flexibility index (Phi) is 7.85. The lowest BCUT2D eigenvalue weighted by Gasteiger charge is -2.28. The molecule has 0 bridgehead atoms. The van der Waals surface area contributed by atoms with Crippen LogP contribution in [-0.4, -0.2) is 4.57 Å². The lowest BCUT2D eigenvalue weighted by Crippen LogP contribution is -2.11. The van der Waals surface area contributed by atoms with Crippen LogP contribution in [0.2, 0.25) is 0 Å². The number of hydrogen-bond acceptors (Lipinski definition) is 1. The van der Waals surface area contributed by atoms with Gasteiger partial charge in [0, 0.05) is 33.4 Å². The molecule has 0 fully saturated rings. The quantitative estimate of drug-likeness (QED) is 0.162. The van der Waals surface area contributed by atoms with E-state index in [0.29, 0.717) is 0 Å². The van der Waals surface area contributed by atoms with Crippen molar-refractivity contribution >= 4 is 49.6 Å². The highest BCUT2D eigenvalue weighted by Crippen LogP contribution is 2.43. The smallest absolute Gasteiger partial charge is 0.0541 e. The molecule has 0 aliphatic carbocycles. The fraction of sp³-hybridized carbons (Fsp3) is 0. The molecule has 0 N–H and O–H groups in total. The summed E-state index contributed by atoms with van der Waals surface area (Å²) < 4.78 is 2.39. The molecular weight excluding hydrogens is 653 g/mol. The van der Waals surface area contributed by atoms with Gasteiger partial charge in [-0.3, -0.25) is 0 Å². The maximum Gasteiger partial charge on any atom is 0.0541 e. The van der Waals surface area contributed by atoms with Crippen LogP contribution in [0.25, 0.3) is 71.6 Å². The minimum absolute atomic E-state index is 1.09. The van der Waals surface area contributed by atoms with Crippen LogP contribution in [0, 0.1) is 0 Å². The number of rotatable bonds is 7. The van der Waals surface area contributed by atoms with Crippen LogP contribution < -0.4 is 4.90 Å². The van der Waals surface area contributed by atoms with Gasteiger partial charge in [0.05, 0.1) is 16.7 Å². The summed E-state index contributed by atoms with van der Waals surface area (Å²) in [5, 5.41) is 5.03. The van der Waals surface area contributed by atoms with Crippen molar-refractivity contribution in [1.82, 2.24) is 4.57 Å². The zero-order valence-electron chi connectivity index (χ0n) is 29.7. The number of para-hydroxylation sites is 3. The van der Waals surface area contributed by atoms with Crippen LogP contribution in [0.4, 0.5) is 17.1 Å². The fourth-order valence-electron chi connectivity index (χ4n) is 7.98. The van der Waals surface area contributed by atoms with Gasteiger partial charge >= 0.3 is 0 Å². The zero-order valence-corrected chi connectivity index (χ0v) is 29.7. The second-order valence-electron chi connectivity index (χ2n) is 13.8. The molecule has 1 heterocycles. The molecule has 0 unspecified atom stereocenters. The predicted octanol–water partition coefficient (Wildman–Crippen LogP) is 14.4. The monoisotopic (exact) mass is 688 g/mol. The Balaban J connectivity index is 1.10. The molecule has 0 atom stereocenters. The van der Waals surface area contributed by atoms with E-state index in [4.69, 9.17) is 0 Å². The molecule has 254 valence electrons. The van der Waals surface area contributed by atoms with E-state index >= 15 is 0 Å². The van der Waals surface area contributed by atoms with Gasteiger partial charge < -0.3 is 9.47 Å². The van der Waals surface area contributed by atoms with Gasteiger partial charge in [-0.15, -0.1) is 0 Å². The van der Waals surface area contributed by atoms with Crippen molar-refractivity contribution in [3.8, 4) is 39.1 Å². The second kappa shape index (κ2) is 13.4. The maximum absolute atomic E-state index is 2.40. The average molecular weight is 689 g/mol. The van der Waals surface area contributed by atoms with Crippen molar-refractivity contribution in [2.24, 2.45) is 0 Å². The summed E-state index contributed by atoms with van der Waals surface area (Å²) in [6.45, 7) is 0. The van der Waals surface area contributed by atoms with Crippen LogP contribution in [0.5, 0.6) is 0 Å². The Hall–Kier alpha value is -7.16. The van der Waals surface area contributed by atoms with E-state index in [9.17, 15) is 0 Å². The molecule has 0 saturated carbocycles. The van der Waals surface area contributed by atoms with Crippen molar-refractivity contribution in [2.75, 3.05) is 4.90 Å². The largest absolute Gasteiger partial charge is 0.310 e. The first-order valence-electron chi connectivity index (χ1n) is 18.5. The SMILES string of the molecule is c1ccc(-c2ccccc2N(c2ccc(-c3ccc4ccccc4c3)cc2)c2cccc(-c3cccc(-n4c5ccccc5c5ccccc54)c3)c2)cc1. The van der Waals surface area contributed by atoms with Crippen LogP contribution in [-0.2, 0) is 0 Å². The molecule has 0 radical (unpaired) electrons. The first kappa shape index (κ1) is 31.6. The molecule has 54 heavy (non-hydrogen) atoms. The molecular formula is C52H36N2. The summed E-state index contributed by atoms with van der Waals surface area (Å²) in [6, 6.07) is 78.9. The van der Waals surface area contributed by atoms with E-state index < -0.39 is 0 Å². The minimum atomic E-state index is 1.09. The summed E-state index contributed by atoms with van der Waals surface area (Å²) in [5.74, 6) is 0. The molecule has 0 aliphatic heterocycles. The van der Waals surface area contributed by atoms with Crippen LogP contribution in [0.15, 0.2) is 218 Å². The van der Waals surface area contributed by atoms with Gasteiger partial charge in [0.15, 0.2) is 0 Å². The van der Waals surface area contributed by atoms with Crippen LogP contribution >= 0.6 is 0 Å². The van der Waals surface area contributed by atoms with E-state index in [1.807, 2.05) is 0 Å². The highest BCUT2D eigenvalue weighted by atomic mass is 15.1. The Morgan fingerprint density at radius 1 is 0.315 bits per heavy atom. The molecule has 0 saturated heterocycles. The van der Waals surface area contributed by atoms with Crippen molar-refractivity contribution < 1.29 is 0 Å². The number of nitrogens with zero attached hydrogens (tertiary/aromatic N) is 2. The van der Waals surface area contributed by atoms with E-state index in [1.165, 1.54) is 60.4 Å². The number of fused-ring (bicyclic) bond motifs is 4. The Labute approximate surface area is 315 Å². The molecule has 2 nitrogen and oxygen atoms in total. The third-order valence-corrected chi connectivity index (χ3v) is 10.6. The highest BCUT2D eigenvalue weighted by molar-refractivity contribution is 6.09. The van der Waals surface area contributed by atoms with Crippen molar-refractivity contribution in [1.29, 1.82) is 0 Å². The van der Waals surface area contributed by atoms with E-state index in [0.717, 1.165) is 28.3 Å². The first-order valence-corrected chi connectivity index (χ1v) is 18.5. The van der Waals surface area contributed by atoms with Gasteiger partial charge in [0.25, 0.3) is 0 Å². The van der Waals surface area contributed by atoms with E-state index in [2.05, 4.69) is 228 Å². The Morgan fingerprint density at radius 3 is 1.67 bits per heavy atom. The minimum Gasteiger partial charge on any atom is -0.310 e. The van der Waals surface area contributed by atoms with Crippen LogP contribution in [0.1, 0.15) is 0 Å². The van der Waals surface area contributed by atoms with Gasteiger partial charge in [0.1, 0.15) is 0 Å². The number of aromatic nitrogens is 1. The summed E-state index contributed by atoms with van der Waals surface area (Å²) in [7, 11) is 0. The molecule has 9 aromatic carbocycles. The topological polar surface area (TPSA) is 8.17 Å². The van der Waals surface area contributed by atoms with Crippen LogP contribution in [0.3, 0.4) is 0 Å². The number of anilines is 3. The van der Waals surface area contributed by atoms with Gasteiger partial charge in [-0.05, 0) is 99.3 Å². The maximum atomic E-state index is 2.40. The first-order chi connectivity index (χ1) is 26.8. The molecule has 10 rings (SSSR count). The molecule has 0 aliphatic rings. The highest BCUT2D eigenvalue weighted by Gasteiger charge is 2.18. The summed E-state index contributed by atoms with van der Waals surface area (Å²) in [4.78, 5) is 2.40. The summed E-state index contributed by atoms with van der Waals surface area (Å²) in [5.41, 5.74) is 14.0. The third-order valence-electron chi connectivity index (χ3n) is 10.6. The normalized spacial score (nSPS) is 11.3. The van der Waals surface area contributed by atoms with Gasteiger partial charge in [-0.2, -0.15) is 0 Å². The molecule has 0 spiro atoms. The lowest BCUT2D eigenvalue weighted by atomic mass is 9.99. The number of benzene rings is 9. The Morgan fingerprint density at radius 2 is 0.889 bits per heavy atom. The molecule has 1 aromatic heterocycles. The predicted molar refractivity (Wildman–Crippen MR) is 229 cm³/mol. The van der Waals surface area contributed by atoms with Crippen molar-refractivity contribution in [2.45, 2.75) is 0 Å². The summed E-state index contributed by atoms with van der Waals surface area (Å²) >= 11 is 0. The average Bonchev–Trinajstić information content (AvgIpc) is 3.59.